The highest BCUT2D eigenvalue weighted by molar-refractivity contribution is 5.83. The molecule has 0 unspecified atom stereocenters. The number of nitrogens with two attached hydrogens (primary N) is 2. The molecule has 0 saturated carbocycles. The lowest BCUT2D eigenvalue weighted by atomic mass is 10.2. The predicted molar refractivity (Wildman–Crippen MR) is 88.8 cm³/mol. The Morgan fingerprint density at radius 1 is 1.31 bits per heavy atom. The van der Waals surface area contributed by atoms with Crippen LogP contribution >= 0.6 is 0 Å². The molecular formula is C15H15F3N6O2. The lowest BCUT2D eigenvalue weighted by Crippen LogP contribution is -2.29. The maximum Gasteiger partial charge on any atom is 0.433 e. The Labute approximate surface area is 146 Å². The molecular weight excluding hydrogens is 353 g/mol. The molecule has 138 valence electrons. The zero-order chi connectivity index (χ0) is 19.2. The van der Waals surface area contributed by atoms with Gasteiger partial charge < -0.3 is 10.6 Å². The second kappa shape index (κ2) is 8.16. The van der Waals surface area contributed by atoms with E-state index in [0.29, 0.717) is 11.3 Å². The number of amides is 1. The summed E-state index contributed by atoms with van der Waals surface area (Å²) < 4.78 is 42.7. The number of hydrazone groups is 1. The molecule has 1 amide bonds. The lowest BCUT2D eigenvalue weighted by molar-refractivity contribution is -0.141. The number of hydrogen-bond acceptors (Lipinski definition) is 6. The van der Waals surface area contributed by atoms with Gasteiger partial charge in [-0.3, -0.25) is 10.3 Å². The van der Waals surface area contributed by atoms with Gasteiger partial charge in [0, 0.05) is 0 Å². The minimum atomic E-state index is -4.61. The first-order chi connectivity index (χ1) is 12.3. The number of carbonyl (C=O) groups is 1. The van der Waals surface area contributed by atoms with Gasteiger partial charge in [0.25, 0.3) is 0 Å². The quantitative estimate of drug-likeness (QED) is 0.323. The van der Waals surface area contributed by atoms with Crippen LogP contribution in [0.2, 0.25) is 0 Å². The van der Waals surface area contributed by atoms with Crippen molar-refractivity contribution in [2.45, 2.75) is 12.8 Å². The van der Waals surface area contributed by atoms with Gasteiger partial charge in [-0.15, -0.1) is 0 Å². The summed E-state index contributed by atoms with van der Waals surface area (Å²) in [6, 6.07) is 9.79. The summed E-state index contributed by atoms with van der Waals surface area (Å²) >= 11 is 0. The molecule has 5 N–H and O–H groups in total. The van der Waals surface area contributed by atoms with E-state index in [9.17, 15) is 18.0 Å². The Bertz CT molecular complexity index is 797. The highest BCUT2D eigenvalue weighted by Gasteiger charge is 2.32. The molecule has 1 aromatic heterocycles. The molecule has 0 aliphatic rings. The molecule has 0 aliphatic heterocycles. The van der Waals surface area contributed by atoms with Crippen molar-refractivity contribution in [3.63, 3.8) is 0 Å². The second-order valence-corrected chi connectivity index (χ2v) is 4.95. The molecule has 26 heavy (non-hydrogen) atoms. The van der Waals surface area contributed by atoms with Crippen LogP contribution in [0.25, 0.3) is 0 Å². The Balaban J connectivity index is 1.96. The van der Waals surface area contributed by atoms with Crippen LogP contribution in [0, 0.1) is 0 Å². The summed E-state index contributed by atoms with van der Waals surface area (Å²) in [6.45, 7) is -0.133. The first-order valence-corrected chi connectivity index (χ1v) is 7.14. The topological polar surface area (TPSA) is 119 Å². The van der Waals surface area contributed by atoms with Gasteiger partial charge in [0.1, 0.15) is 24.5 Å². The van der Waals surface area contributed by atoms with Gasteiger partial charge in [0.2, 0.25) is 0 Å². The van der Waals surface area contributed by atoms with E-state index < -0.39 is 18.0 Å². The molecule has 2 aromatic rings. The monoisotopic (exact) mass is 368 g/mol. The summed E-state index contributed by atoms with van der Waals surface area (Å²) in [6.07, 6.45) is -4.37. The van der Waals surface area contributed by atoms with Crippen LogP contribution in [0.4, 0.5) is 29.5 Å². The summed E-state index contributed by atoms with van der Waals surface area (Å²) in [4.78, 5) is 15.1. The van der Waals surface area contributed by atoms with Gasteiger partial charge in [-0.25, -0.2) is 15.6 Å². The molecule has 0 aliphatic carbocycles. The second-order valence-electron chi connectivity index (χ2n) is 4.95. The number of halogens is 3. The molecule has 0 spiro atoms. The number of ether oxygens (including phenoxy) is 1. The Morgan fingerprint density at radius 2 is 2.04 bits per heavy atom. The fraction of sp³-hybridized carbons (Fsp3) is 0.133. The smallest absolute Gasteiger partial charge is 0.433 e. The van der Waals surface area contributed by atoms with E-state index in [1.807, 2.05) is 0 Å². The summed E-state index contributed by atoms with van der Waals surface area (Å²) in [5.74, 6) is 10.4. The van der Waals surface area contributed by atoms with E-state index in [4.69, 9.17) is 16.4 Å². The van der Waals surface area contributed by atoms with Crippen LogP contribution in [-0.2, 0) is 17.5 Å². The fourth-order valence-corrected chi connectivity index (χ4v) is 1.90. The number of benzene rings is 1. The average Bonchev–Trinajstić information content (AvgIpc) is 2.60. The third-order valence-electron chi connectivity index (χ3n) is 3.04. The van der Waals surface area contributed by atoms with Gasteiger partial charge in [-0.1, -0.05) is 18.2 Å². The van der Waals surface area contributed by atoms with Crippen molar-refractivity contribution in [3.8, 4) is 0 Å². The zero-order valence-corrected chi connectivity index (χ0v) is 13.3. The number of carbonyl (C=O) groups excluding carboxylic acids is 1. The van der Waals surface area contributed by atoms with Crippen molar-refractivity contribution < 1.29 is 22.7 Å². The average molecular weight is 368 g/mol. The molecule has 0 saturated heterocycles. The van der Waals surface area contributed by atoms with Gasteiger partial charge in [-0.05, 0) is 29.8 Å². The van der Waals surface area contributed by atoms with Crippen LogP contribution in [-0.4, -0.2) is 17.4 Å². The summed E-state index contributed by atoms with van der Waals surface area (Å²) in [5.41, 5.74) is 0.0170. The van der Waals surface area contributed by atoms with Gasteiger partial charge in [-0.2, -0.15) is 18.3 Å². The first-order valence-electron chi connectivity index (χ1n) is 7.14. The minimum Gasteiger partial charge on any atom is -0.444 e. The summed E-state index contributed by atoms with van der Waals surface area (Å²) in [7, 11) is 0. The van der Waals surface area contributed by atoms with E-state index in [1.54, 1.807) is 24.3 Å². The number of nitrogens with zero attached hydrogens (tertiary/aromatic N) is 3. The molecule has 11 heteroatoms. The number of nitrogens with one attached hydrogen (secondary N) is 1. The van der Waals surface area contributed by atoms with Crippen LogP contribution in [0.3, 0.4) is 0 Å². The molecule has 8 nitrogen and oxygen atoms in total. The Morgan fingerprint density at radius 3 is 2.73 bits per heavy atom. The number of rotatable bonds is 5. The van der Waals surface area contributed by atoms with Crippen molar-refractivity contribution in [2.24, 2.45) is 16.8 Å². The highest BCUT2D eigenvalue weighted by Crippen LogP contribution is 2.28. The molecule has 1 aromatic carbocycles. The maximum atomic E-state index is 12.6. The predicted octanol–water partition coefficient (Wildman–Crippen LogP) is 2.43. The van der Waals surface area contributed by atoms with Crippen LogP contribution in [0.1, 0.15) is 11.3 Å². The largest absolute Gasteiger partial charge is 0.444 e. The van der Waals surface area contributed by atoms with Gasteiger partial charge in [0.15, 0.2) is 0 Å². The van der Waals surface area contributed by atoms with Crippen molar-refractivity contribution in [1.29, 1.82) is 0 Å². The first kappa shape index (κ1) is 19.0. The van der Waals surface area contributed by atoms with E-state index in [2.05, 4.69) is 15.4 Å². The third kappa shape index (κ3) is 5.34. The van der Waals surface area contributed by atoms with Crippen LogP contribution in [0.5, 0.6) is 0 Å². The summed E-state index contributed by atoms with van der Waals surface area (Å²) in [5, 5.41) is 6.58. The number of hydrogen-bond donors (Lipinski definition) is 3. The van der Waals surface area contributed by atoms with E-state index >= 15 is 0 Å². The molecule has 2 rings (SSSR count). The molecule has 0 fully saturated rings. The van der Waals surface area contributed by atoms with Crippen molar-refractivity contribution in [2.75, 3.05) is 10.3 Å². The fourth-order valence-electron chi connectivity index (χ4n) is 1.90. The normalized spacial score (nSPS) is 11.4. The van der Waals surface area contributed by atoms with E-state index in [-0.39, 0.29) is 12.4 Å². The van der Waals surface area contributed by atoms with Crippen LogP contribution < -0.4 is 22.0 Å². The molecule has 0 bridgehead atoms. The molecule has 0 atom stereocenters. The maximum absolute atomic E-state index is 12.6. The Hall–Kier alpha value is -3.34. The number of aromatic nitrogens is 1. The number of alkyl halides is 3. The number of pyridine rings is 1. The van der Waals surface area contributed by atoms with E-state index in [0.717, 1.165) is 17.1 Å². The Kier molecular flexibility index (Phi) is 5.96. The minimum absolute atomic E-state index is 0.133. The molecule has 0 radical (unpaired) electrons. The van der Waals surface area contributed by atoms with Crippen molar-refractivity contribution >= 4 is 23.9 Å². The van der Waals surface area contributed by atoms with Crippen molar-refractivity contribution in [3.05, 3.63) is 53.7 Å². The SMILES string of the molecule is N/N=C\N(N)c1cccc(COC(=O)Nc2cccc(C(F)(F)F)n2)c1. The van der Waals surface area contributed by atoms with Gasteiger partial charge >= 0.3 is 12.3 Å². The van der Waals surface area contributed by atoms with Crippen LogP contribution in [0.15, 0.2) is 47.6 Å². The molecule has 1 heterocycles. The zero-order valence-electron chi connectivity index (χ0n) is 13.3. The van der Waals surface area contributed by atoms with Crippen molar-refractivity contribution in [1.82, 2.24) is 4.98 Å². The van der Waals surface area contributed by atoms with E-state index in [1.165, 1.54) is 12.4 Å². The van der Waals surface area contributed by atoms with Gasteiger partial charge in [0.05, 0.1) is 5.69 Å². The third-order valence-corrected chi connectivity index (χ3v) is 3.04. The number of anilines is 2. The standard InChI is InChI=1S/C15H15F3N6O2/c16-15(17,18)12-5-2-6-13(22-12)23-14(25)26-8-10-3-1-4-11(7-10)24(20)9-21-19/h1-7,9H,8,19-20H2,(H,22,23,25)/b21-9-. The lowest BCUT2D eigenvalue weighted by Gasteiger charge is -2.13. The highest BCUT2D eigenvalue weighted by atomic mass is 19.4. The number of hydrazine groups is 1.